The van der Waals surface area contributed by atoms with Crippen molar-refractivity contribution in [3.63, 3.8) is 0 Å². The van der Waals surface area contributed by atoms with Crippen LogP contribution in [0.1, 0.15) is 28.0 Å². The van der Waals surface area contributed by atoms with E-state index in [2.05, 4.69) is 9.72 Å². The Balaban J connectivity index is 3.34. The Morgan fingerprint density at radius 3 is 2.50 bits per heavy atom. The lowest BCUT2D eigenvalue weighted by Gasteiger charge is -2.12. The number of methoxy groups -OCH3 is 2. The van der Waals surface area contributed by atoms with Crippen molar-refractivity contribution < 1.29 is 23.0 Å². The first-order valence-electron chi connectivity index (χ1n) is 4.42. The second kappa shape index (κ2) is 4.87. The molecule has 0 atom stereocenters. The SMILES string of the molecule is COC(=O)c1ncc(C(F)F)c(OC)c1C. The summed E-state index contributed by atoms with van der Waals surface area (Å²) in [5.41, 5.74) is -0.122. The van der Waals surface area contributed by atoms with Crippen LogP contribution in [0.15, 0.2) is 6.20 Å². The van der Waals surface area contributed by atoms with Gasteiger partial charge in [0.05, 0.1) is 19.8 Å². The molecule has 4 nitrogen and oxygen atoms in total. The monoisotopic (exact) mass is 231 g/mol. The zero-order valence-corrected chi connectivity index (χ0v) is 9.08. The number of halogens is 2. The van der Waals surface area contributed by atoms with Crippen LogP contribution in [0.25, 0.3) is 0 Å². The summed E-state index contributed by atoms with van der Waals surface area (Å²) < 4.78 is 34.5. The van der Waals surface area contributed by atoms with Crippen molar-refractivity contribution in [1.29, 1.82) is 0 Å². The number of aromatic nitrogens is 1. The standard InChI is InChI=1S/C10H11F2NO3/c1-5-7(10(14)16-3)13-4-6(9(11)12)8(5)15-2/h4,9H,1-3H3. The summed E-state index contributed by atoms with van der Waals surface area (Å²) >= 11 is 0. The molecule has 0 saturated heterocycles. The summed E-state index contributed by atoms with van der Waals surface area (Å²) in [5, 5.41) is 0. The highest BCUT2D eigenvalue weighted by Crippen LogP contribution is 2.32. The van der Waals surface area contributed by atoms with E-state index in [1.807, 2.05) is 0 Å². The van der Waals surface area contributed by atoms with Crippen LogP contribution < -0.4 is 4.74 Å². The Hall–Kier alpha value is -1.72. The predicted molar refractivity (Wildman–Crippen MR) is 51.8 cm³/mol. The van der Waals surface area contributed by atoms with Crippen molar-refractivity contribution in [2.75, 3.05) is 14.2 Å². The van der Waals surface area contributed by atoms with E-state index in [0.717, 1.165) is 6.20 Å². The molecular weight excluding hydrogens is 220 g/mol. The Morgan fingerprint density at radius 1 is 1.44 bits per heavy atom. The van der Waals surface area contributed by atoms with Gasteiger partial charge in [-0.25, -0.2) is 18.6 Å². The van der Waals surface area contributed by atoms with Crippen LogP contribution in [0.5, 0.6) is 5.75 Å². The number of hydrogen-bond acceptors (Lipinski definition) is 4. The number of esters is 1. The molecule has 6 heteroatoms. The summed E-state index contributed by atoms with van der Waals surface area (Å²) in [6, 6.07) is 0. The summed E-state index contributed by atoms with van der Waals surface area (Å²) in [7, 11) is 2.45. The molecule has 0 aromatic carbocycles. The summed E-state index contributed by atoms with van der Waals surface area (Å²) in [4.78, 5) is 14.9. The molecule has 0 saturated carbocycles. The van der Waals surface area contributed by atoms with E-state index in [4.69, 9.17) is 4.74 Å². The number of alkyl halides is 2. The number of nitrogens with zero attached hydrogens (tertiary/aromatic N) is 1. The average molecular weight is 231 g/mol. The molecule has 0 amide bonds. The van der Waals surface area contributed by atoms with E-state index in [-0.39, 0.29) is 22.6 Å². The molecule has 0 N–H and O–H groups in total. The van der Waals surface area contributed by atoms with Crippen molar-refractivity contribution in [3.05, 3.63) is 23.0 Å². The largest absolute Gasteiger partial charge is 0.496 e. The normalized spacial score (nSPS) is 10.4. The molecule has 0 bridgehead atoms. The van der Waals surface area contributed by atoms with Crippen molar-refractivity contribution in [2.45, 2.75) is 13.3 Å². The maximum Gasteiger partial charge on any atom is 0.357 e. The van der Waals surface area contributed by atoms with E-state index in [9.17, 15) is 13.6 Å². The smallest absolute Gasteiger partial charge is 0.357 e. The van der Waals surface area contributed by atoms with Gasteiger partial charge >= 0.3 is 5.97 Å². The molecule has 0 aliphatic heterocycles. The van der Waals surface area contributed by atoms with E-state index < -0.39 is 12.4 Å². The minimum absolute atomic E-state index is 0.0243. The van der Waals surface area contributed by atoms with E-state index in [0.29, 0.717) is 0 Å². The first kappa shape index (κ1) is 12.4. The second-order valence-electron chi connectivity index (χ2n) is 3.01. The molecule has 0 radical (unpaired) electrons. The molecule has 0 aliphatic carbocycles. The minimum atomic E-state index is -2.70. The lowest BCUT2D eigenvalue weighted by atomic mass is 10.1. The quantitative estimate of drug-likeness (QED) is 0.747. The summed E-state index contributed by atoms with van der Waals surface area (Å²) in [6.45, 7) is 1.48. The maximum absolute atomic E-state index is 12.6. The molecule has 0 spiro atoms. The first-order valence-corrected chi connectivity index (χ1v) is 4.42. The second-order valence-corrected chi connectivity index (χ2v) is 3.01. The maximum atomic E-state index is 12.6. The topological polar surface area (TPSA) is 48.4 Å². The van der Waals surface area contributed by atoms with Gasteiger partial charge in [0.15, 0.2) is 5.69 Å². The van der Waals surface area contributed by atoms with Gasteiger partial charge in [-0.2, -0.15) is 0 Å². The van der Waals surface area contributed by atoms with Gasteiger partial charge in [0.2, 0.25) is 0 Å². The summed E-state index contributed by atoms with van der Waals surface area (Å²) in [5.74, 6) is -0.720. The van der Waals surface area contributed by atoms with Crippen LogP contribution in [-0.4, -0.2) is 25.2 Å². The fourth-order valence-corrected chi connectivity index (χ4v) is 1.34. The third-order valence-electron chi connectivity index (χ3n) is 2.11. The molecule has 0 unspecified atom stereocenters. The van der Waals surface area contributed by atoms with Crippen LogP contribution in [0.3, 0.4) is 0 Å². The first-order chi connectivity index (χ1) is 7.52. The molecule has 1 aromatic rings. The molecule has 1 aromatic heterocycles. The van der Waals surface area contributed by atoms with Gasteiger partial charge in [-0.05, 0) is 6.92 Å². The fourth-order valence-electron chi connectivity index (χ4n) is 1.34. The van der Waals surface area contributed by atoms with Gasteiger partial charge in [-0.15, -0.1) is 0 Å². The highest BCUT2D eigenvalue weighted by Gasteiger charge is 2.22. The lowest BCUT2D eigenvalue weighted by Crippen LogP contribution is -2.09. The Bertz CT molecular complexity index is 407. The average Bonchev–Trinajstić information content (AvgIpc) is 2.27. The number of carbonyl (C=O) groups is 1. The van der Waals surface area contributed by atoms with Crippen molar-refractivity contribution in [1.82, 2.24) is 4.98 Å². The number of hydrogen-bond donors (Lipinski definition) is 0. The Morgan fingerprint density at radius 2 is 2.06 bits per heavy atom. The molecular formula is C10H11F2NO3. The molecule has 1 heterocycles. The van der Waals surface area contributed by atoms with Crippen molar-refractivity contribution >= 4 is 5.97 Å². The molecule has 0 aliphatic rings. The van der Waals surface area contributed by atoms with E-state index in [1.165, 1.54) is 21.1 Å². The van der Waals surface area contributed by atoms with Crippen molar-refractivity contribution in [2.24, 2.45) is 0 Å². The molecule has 88 valence electrons. The number of ether oxygens (including phenoxy) is 2. The number of carbonyl (C=O) groups excluding carboxylic acids is 1. The van der Waals surface area contributed by atoms with Gasteiger partial charge in [0.25, 0.3) is 6.43 Å². The predicted octanol–water partition coefficient (Wildman–Crippen LogP) is 2.12. The zero-order chi connectivity index (χ0) is 12.3. The lowest BCUT2D eigenvalue weighted by molar-refractivity contribution is 0.0591. The Kier molecular flexibility index (Phi) is 3.76. The highest BCUT2D eigenvalue weighted by molar-refractivity contribution is 5.89. The highest BCUT2D eigenvalue weighted by atomic mass is 19.3. The molecule has 16 heavy (non-hydrogen) atoms. The van der Waals surface area contributed by atoms with E-state index >= 15 is 0 Å². The van der Waals surface area contributed by atoms with Gasteiger partial charge < -0.3 is 9.47 Å². The third-order valence-corrected chi connectivity index (χ3v) is 2.11. The van der Waals surface area contributed by atoms with Gasteiger partial charge in [-0.3, -0.25) is 0 Å². The van der Waals surface area contributed by atoms with Crippen LogP contribution >= 0.6 is 0 Å². The number of pyridine rings is 1. The summed E-state index contributed by atoms with van der Waals surface area (Å²) in [6.07, 6.45) is -1.78. The van der Waals surface area contributed by atoms with Crippen molar-refractivity contribution in [3.8, 4) is 5.75 Å². The molecule has 0 fully saturated rings. The van der Waals surface area contributed by atoms with Crippen LogP contribution in [0.2, 0.25) is 0 Å². The van der Waals surface area contributed by atoms with Crippen LogP contribution in [0.4, 0.5) is 8.78 Å². The van der Waals surface area contributed by atoms with E-state index in [1.54, 1.807) is 0 Å². The van der Waals surface area contributed by atoms with Gasteiger partial charge in [-0.1, -0.05) is 0 Å². The third kappa shape index (κ3) is 2.10. The van der Waals surface area contributed by atoms with Crippen LogP contribution in [0, 0.1) is 6.92 Å². The fraction of sp³-hybridized carbons (Fsp3) is 0.400. The Labute approximate surface area is 91.2 Å². The number of rotatable bonds is 3. The van der Waals surface area contributed by atoms with Crippen LogP contribution in [-0.2, 0) is 4.74 Å². The molecule has 1 rings (SSSR count). The zero-order valence-electron chi connectivity index (χ0n) is 9.08. The van der Waals surface area contributed by atoms with Gasteiger partial charge in [0, 0.05) is 11.8 Å². The van der Waals surface area contributed by atoms with Gasteiger partial charge in [0.1, 0.15) is 5.75 Å². The minimum Gasteiger partial charge on any atom is -0.496 e.